The largest absolute Gasteiger partial charge is 0.480 e. The van der Waals surface area contributed by atoms with Gasteiger partial charge in [0.1, 0.15) is 12.6 Å². The quantitative estimate of drug-likeness (QED) is 0.0239. The molecule has 4 N–H and O–H groups in total. The van der Waals surface area contributed by atoms with Crippen LogP contribution in [0.5, 0.6) is 0 Å². The second-order valence-corrected chi connectivity index (χ2v) is 14.5. The molecule has 0 bridgehead atoms. The summed E-state index contributed by atoms with van der Waals surface area (Å²) < 4.78 is 32.5. The van der Waals surface area contributed by atoms with Gasteiger partial charge in [0.15, 0.2) is 6.10 Å². The first-order chi connectivity index (χ1) is 26.6. The Bertz CT molecular complexity index is 1250. The molecule has 0 heterocycles. The zero-order chi connectivity index (χ0) is 40.7. The summed E-state index contributed by atoms with van der Waals surface area (Å²) in [6.07, 6.45) is 45.1. The predicted octanol–water partition coefficient (Wildman–Crippen LogP) is 10.3. The molecule has 0 aromatic carbocycles. The molecule has 0 aliphatic rings. The number of hydrogen-bond acceptors (Lipinski definition) is 9. The lowest BCUT2D eigenvalue weighted by Gasteiger charge is -2.20. The SMILES string of the molecule is CC/C=C\C/C=C\C/C=C\C/C=C\C/C=C\CCCC(=O)O[C@H](COC(=O)CCCCCCC/C=C\C/C=C\CCCC)COP(=O)(O)OC[C@H](N)C(=O)O. The number of carbonyl (C=O) groups is 3. The lowest BCUT2D eigenvalue weighted by atomic mass is 10.1. The summed E-state index contributed by atoms with van der Waals surface area (Å²) in [5.74, 6) is -2.49. The standard InChI is InChI=1S/C43H70NO10P/c1-3-5-7-9-11-13-15-17-19-20-21-23-25-27-29-31-33-35-42(46)54-39(37-52-55(49,50)53-38-40(44)43(47)48)36-51-41(45)34-32-30-28-26-24-22-18-16-14-12-10-8-6-4-2/h5,7,10-13,16-19,21,23,27,29,39-40H,3-4,6,8-9,14-15,20,22,24-26,28,30-38,44H2,1-2H3,(H,47,48)(H,49,50)/b7-5-,12-10-,13-11-,18-16-,19-17-,23-21-,29-27-/t39-,40+/m1/s1. The van der Waals surface area contributed by atoms with Gasteiger partial charge in [0, 0.05) is 12.8 Å². The fourth-order valence-corrected chi connectivity index (χ4v) is 5.48. The van der Waals surface area contributed by atoms with Crippen LogP contribution in [0.4, 0.5) is 0 Å². The molecule has 0 radical (unpaired) electrons. The highest BCUT2D eigenvalue weighted by Gasteiger charge is 2.28. The summed E-state index contributed by atoms with van der Waals surface area (Å²) in [6, 6.07) is -1.54. The Kier molecular flexibility index (Phi) is 35.3. The van der Waals surface area contributed by atoms with Crippen LogP contribution in [0.3, 0.4) is 0 Å². The van der Waals surface area contributed by atoms with Crippen LogP contribution < -0.4 is 5.73 Å². The van der Waals surface area contributed by atoms with Gasteiger partial charge in [0.05, 0.1) is 13.2 Å². The lowest BCUT2D eigenvalue weighted by molar-refractivity contribution is -0.161. The summed E-state index contributed by atoms with van der Waals surface area (Å²) in [5.41, 5.74) is 5.32. The molecule has 11 nitrogen and oxygen atoms in total. The van der Waals surface area contributed by atoms with Gasteiger partial charge in [-0.05, 0) is 77.0 Å². The van der Waals surface area contributed by atoms with Gasteiger partial charge in [-0.1, -0.05) is 131 Å². The molecule has 55 heavy (non-hydrogen) atoms. The van der Waals surface area contributed by atoms with Crippen molar-refractivity contribution in [2.45, 2.75) is 148 Å². The Balaban J connectivity index is 4.56. The van der Waals surface area contributed by atoms with Crippen molar-refractivity contribution in [3.05, 3.63) is 85.1 Å². The number of carboxylic acids is 1. The predicted molar refractivity (Wildman–Crippen MR) is 221 cm³/mol. The van der Waals surface area contributed by atoms with Gasteiger partial charge < -0.3 is 25.2 Å². The Morgan fingerprint density at radius 3 is 1.58 bits per heavy atom. The van der Waals surface area contributed by atoms with Gasteiger partial charge in [-0.25, -0.2) is 4.57 Å². The van der Waals surface area contributed by atoms with Crippen molar-refractivity contribution in [2.24, 2.45) is 5.73 Å². The van der Waals surface area contributed by atoms with Gasteiger partial charge in [-0.15, -0.1) is 0 Å². The van der Waals surface area contributed by atoms with Crippen molar-refractivity contribution < 1.29 is 47.5 Å². The van der Waals surface area contributed by atoms with Crippen molar-refractivity contribution in [1.29, 1.82) is 0 Å². The maximum atomic E-state index is 12.6. The molecule has 3 atom stereocenters. The van der Waals surface area contributed by atoms with Gasteiger partial charge in [0.25, 0.3) is 0 Å². The normalized spacial score (nSPS) is 14.7. The Hall–Kier alpha value is -3.34. The third kappa shape index (κ3) is 37.4. The third-order valence-corrected chi connectivity index (χ3v) is 8.83. The lowest BCUT2D eigenvalue weighted by Crippen LogP contribution is -2.34. The fourth-order valence-electron chi connectivity index (χ4n) is 4.70. The minimum Gasteiger partial charge on any atom is -0.480 e. The van der Waals surface area contributed by atoms with Crippen LogP contribution in [0.15, 0.2) is 85.1 Å². The summed E-state index contributed by atoms with van der Waals surface area (Å²) in [5, 5.41) is 8.87. The van der Waals surface area contributed by atoms with E-state index in [1.165, 1.54) is 12.8 Å². The number of phosphoric ester groups is 1. The maximum Gasteiger partial charge on any atom is 0.472 e. The number of carbonyl (C=O) groups excluding carboxylic acids is 2. The first kappa shape index (κ1) is 51.7. The van der Waals surface area contributed by atoms with Crippen LogP contribution in [0, 0.1) is 0 Å². The Morgan fingerprint density at radius 1 is 0.582 bits per heavy atom. The number of rotatable bonds is 36. The van der Waals surface area contributed by atoms with E-state index in [0.717, 1.165) is 77.0 Å². The highest BCUT2D eigenvalue weighted by Crippen LogP contribution is 2.43. The van der Waals surface area contributed by atoms with Crippen molar-refractivity contribution >= 4 is 25.7 Å². The zero-order valence-corrected chi connectivity index (χ0v) is 34.4. The maximum absolute atomic E-state index is 12.6. The van der Waals surface area contributed by atoms with E-state index in [-0.39, 0.29) is 19.4 Å². The molecule has 0 fully saturated rings. The summed E-state index contributed by atoms with van der Waals surface area (Å²) >= 11 is 0. The van der Waals surface area contributed by atoms with Gasteiger partial charge in [0.2, 0.25) is 0 Å². The molecule has 12 heteroatoms. The average Bonchev–Trinajstić information content (AvgIpc) is 3.16. The number of carboxylic acid groups (broad SMARTS) is 1. The van der Waals surface area contributed by atoms with E-state index in [9.17, 15) is 23.8 Å². The zero-order valence-electron chi connectivity index (χ0n) is 33.5. The van der Waals surface area contributed by atoms with Gasteiger partial charge in [-0.3, -0.25) is 23.4 Å². The number of unbranched alkanes of at least 4 members (excludes halogenated alkanes) is 8. The van der Waals surface area contributed by atoms with E-state index < -0.39 is 51.1 Å². The number of aliphatic carboxylic acids is 1. The van der Waals surface area contributed by atoms with E-state index in [1.54, 1.807) is 0 Å². The van der Waals surface area contributed by atoms with E-state index in [4.69, 9.17) is 24.8 Å². The van der Waals surface area contributed by atoms with Crippen molar-refractivity contribution in [1.82, 2.24) is 0 Å². The van der Waals surface area contributed by atoms with Crippen LogP contribution >= 0.6 is 7.82 Å². The molecular weight excluding hydrogens is 721 g/mol. The first-order valence-electron chi connectivity index (χ1n) is 20.1. The van der Waals surface area contributed by atoms with Gasteiger partial charge >= 0.3 is 25.7 Å². The minimum atomic E-state index is -4.74. The number of phosphoric acid groups is 1. The average molecular weight is 792 g/mol. The summed E-state index contributed by atoms with van der Waals surface area (Å²) in [7, 11) is -4.74. The minimum absolute atomic E-state index is 0.0748. The van der Waals surface area contributed by atoms with Crippen molar-refractivity contribution in [3.63, 3.8) is 0 Å². The topological polar surface area (TPSA) is 172 Å². The van der Waals surface area contributed by atoms with E-state index >= 15 is 0 Å². The van der Waals surface area contributed by atoms with Crippen molar-refractivity contribution in [3.8, 4) is 0 Å². The molecule has 0 saturated carbocycles. The highest BCUT2D eigenvalue weighted by atomic mass is 31.2. The third-order valence-electron chi connectivity index (χ3n) is 7.88. The second kappa shape index (κ2) is 37.6. The molecule has 0 spiro atoms. The van der Waals surface area contributed by atoms with E-state index in [0.29, 0.717) is 19.3 Å². The number of allylic oxidation sites excluding steroid dienone is 14. The first-order valence-corrected chi connectivity index (χ1v) is 21.6. The highest BCUT2D eigenvalue weighted by molar-refractivity contribution is 7.47. The molecule has 0 aromatic rings. The van der Waals surface area contributed by atoms with Crippen LogP contribution in [-0.4, -0.2) is 59.9 Å². The molecule has 312 valence electrons. The second-order valence-electron chi connectivity index (χ2n) is 13.0. The number of nitrogens with two attached hydrogens (primary N) is 1. The molecule has 1 unspecified atom stereocenters. The molecule has 0 amide bonds. The number of hydrogen-bond donors (Lipinski definition) is 3. The monoisotopic (exact) mass is 791 g/mol. The van der Waals surface area contributed by atoms with Gasteiger partial charge in [-0.2, -0.15) is 0 Å². The molecule has 0 aliphatic heterocycles. The van der Waals surface area contributed by atoms with Crippen molar-refractivity contribution in [2.75, 3.05) is 19.8 Å². The van der Waals surface area contributed by atoms with E-state index in [1.807, 2.05) is 12.2 Å². The molecule has 0 aromatic heterocycles. The molecule has 0 aliphatic carbocycles. The Labute approximate surface area is 331 Å². The van der Waals surface area contributed by atoms with Crippen LogP contribution in [0.1, 0.15) is 136 Å². The number of esters is 2. The number of ether oxygens (including phenoxy) is 2. The summed E-state index contributed by atoms with van der Waals surface area (Å²) in [6.45, 7) is 2.54. The Morgan fingerprint density at radius 2 is 1.04 bits per heavy atom. The van der Waals surface area contributed by atoms with Crippen LogP contribution in [-0.2, 0) is 37.5 Å². The van der Waals surface area contributed by atoms with E-state index in [2.05, 4.69) is 91.3 Å². The smallest absolute Gasteiger partial charge is 0.472 e. The molecule has 0 saturated heterocycles. The molecule has 0 rings (SSSR count). The fraction of sp³-hybridized carbons (Fsp3) is 0.605. The van der Waals surface area contributed by atoms with Crippen LogP contribution in [0.25, 0.3) is 0 Å². The molecular formula is C43H70NO10P. The van der Waals surface area contributed by atoms with Crippen LogP contribution in [0.2, 0.25) is 0 Å². The summed E-state index contributed by atoms with van der Waals surface area (Å²) in [4.78, 5) is 45.8.